The highest BCUT2D eigenvalue weighted by Crippen LogP contribution is 2.51. The summed E-state index contributed by atoms with van der Waals surface area (Å²) in [5.74, 6) is -0.488. The van der Waals surface area contributed by atoms with Gasteiger partial charge in [-0.15, -0.1) is 11.3 Å². The van der Waals surface area contributed by atoms with Crippen LogP contribution in [0.2, 0.25) is 5.02 Å². The SMILES string of the molecule is C[C@H](c1cccnc1N)N1CCOc2c(Cl)c(-c3ccc(F)c4sc(N)c(C#N)c34)c(F)c3nc(OC[C@@]45CCC(C4)N5)nc1c23. The van der Waals surface area contributed by atoms with Crippen molar-refractivity contribution in [2.24, 2.45) is 0 Å². The summed E-state index contributed by atoms with van der Waals surface area (Å²) < 4.78 is 44.6. The Morgan fingerprint density at radius 2 is 2.11 bits per heavy atom. The molecule has 14 heteroatoms. The Morgan fingerprint density at radius 3 is 2.85 bits per heavy atom. The van der Waals surface area contributed by atoms with Gasteiger partial charge >= 0.3 is 6.01 Å². The minimum Gasteiger partial charge on any atom is -0.489 e. The number of nitrogen functional groups attached to an aromatic ring is 2. The van der Waals surface area contributed by atoms with Crippen molar-refractivity contribution in [1.29, 1.82) is 5.26 Å². The van der Waals surface area contributed by atoms with Crippen LogP contribution in [0.1, 0.15) is 43.4 Å². The van der Waals surface area contributed by atoms with Gasteiger partial charge in [-0.2, -0.15) is 15.2 Å². The number of nitrogens with zero attached hydrogens (tertiary/aromatic N) is 5. The topological polar surface area (TPSA) is 148 Å². The first-order valence-corrected chi connectivity index (χ1v) is 16.0. The first kappa shape index (κ1) is 28.9. The number of nitrogens with two attached hydrogens (primary N) is 2. The van der Waals surface area contributed by atoms with E-state index >= 15 is 4.39 Å². The minimum atomic E-state index is -0.793. The highest BCUT2D eigenvalue weighted by molar-refractivity contribution is 7.23. The molecule has 1 saturated carbocycles. The monoisotopic (exact) mass is 660 g/mol. The molecule has 1 aliphatic carbocycles. The number of halogens is 3. The van der Waals surface area contributed by atoms with Crippen LogP contribution in [-0.4, -0.2) is 46.3 Å². The van der Waals surface area contributed by atoms with Gasteiger partial charge in [0.1, 0.15) is 47.3 Å². The summed E-state index contributed by atoms with van der Waals surface area (Å²) in [7, 11) is 0. The van der Waals surface area contributed by atoms with Gasteiger partial charge in [0, 0.05) is 28.8 Å². The Kier molecular flexibility index (Phi) is 6.61. The van der Waals surface area contributed by atoms with Crippen molar-refractivity contribution in [1.82, 2.24) is 20.3 Å². The van der Waals surface area contributed by atoms with E-state index in [1.54, 1.807) is 12.3 Å². The molecule has 3 aromatic heterocycles. The lowest BCUT2D eigenvalue weighted by Gasteiger charge is -2.39. The average Bonchev–Trinajstić information content (AvgIpc) is 3.69. The number of hydrogen-bond acceptors (Lipinski definition) is 11. The zero-order chi connectivity index (χ0) is 31.9. The third kappa shape index (κ3) is 4.24. The number of nitrogens with one attached hydrogen (secondary N) is 1. The fourth-order valence-corrected chi connectivity index (χ4v) is 8.41. The number of aromatic nitrogens is 3. The van der Waals surface area contributed by atoms with Crippen molar-refractivity contribution < 1.29 is 18.3 Å². The van der Waals surface area contributed by atoms with E-state index in [9.17, 15) is 9.65 Å². The van der Waals surface area contributed by atoms with Crippen molar-refractivity contribution in [2.75, 3.05) is 36.1 Å². The number of ether oxygens (including phenoxy) is 2. The lowest BCUT2D eigenvalue weighted by atomic mass is 9.91. The fraction of sp³-hybridized carbons (Fsp3) is 0.312. The predicted octanol–water partition coefficient (Wildman–Crippen LogP) is 6.11. The number of benzene rings is 2. The highest BCUT2D eigenvalue weighted by atomic mass is 35.5. The number of thiophene rings is 1. The van der Waals surface area contributed by atoms with Crippen LogP contribution < -0.4 is 31.2 Å². The van der Waals surface area contributed by atoms with Crippen LogP contribution in [0, 0.1) is 23.0 Å². The molecule has 10 nitrogen and oxygen atoms in total. The molecule has 5 aromatic rings. The minimum absolute atomic E-state index is 0.00727. The molecule has 3 fully saturated rings. The van der Waals surface area contributed by atoms with Crippen LogP contribution in [0.4, 0.5) is 25.4 Å². The van der Waals surface area contributed by atoms with E-state index in [1.807, 2.05) is 24.0 Å². The van der Waals surface area contributed by atoms with Crippen LogP contribution in [0.25, 0.3) is 32.1 Å². The summed E-state index contributed by atoms with van der Waals surface area (Å²) in [6.07, 6.45) is 4.66. The Bertz CT molecular complexity index is 2120. The molecule has 2 saturated heterocycles. The first-order chi connectivity index (χ1) is 22.2. The predicted molar refractivity (Wildman–Crippen MR) is 173 cm³/mol. The van der Waals surface area contributed by atoms with Crippen LogP contribution in [0.15, 0.2) is 30.5 Å². The summed E-state index contributed by atoms with van der Waals surface area (Å²) in [4.78, 5) is 15.6. The maximum atomic E-state index is 17.1. The first-order valence-electron chi connectivity index (χ1n) is 14.8. The molecule has 0 amide bonds. The highest BCUT2D eigenvalue weighted by Gasteiger charge is 2.50. The summed E-state index contributed by atoms with van der Waals surface area (Å²) in [5, 5.41) is 13.9. The van der Waals surface area contributed by atoms with Gasteiger partial charge in [0.05, 0.1) is 38.8 Å². The molecule has 3 aliphatic heterocycles. The second kappa shape index (κ2) is 10.5. The molecular formula is C32H27ClF2N8O2S. The standard InChI is InChI=1S/C32H27ClF2N8O2S/c1-14(16-3-2-8-39-28(16)37)43-9-10-44-26-22-25(40-31(41-30(22)43)45-13-32-7-6-15(11-32)42-32)24(35)21(23(26)33)17-4-5-19(34)27-20(17)18(12-36)29(38)46-27/h2-5,8,14-15,42H,6-7,9-11,13,38H2,1H3,(H2,37,39)/t14-,15?,32-/m1/s1. The molecule has 46 heavy (non-hydrogen) atoms. The largest absolute Gasteiger partial charge is 0.489 e. The quantitative estimate of drug-likeness (QED) is 0.195. The van der Waals surface area contributed by atoms with E-state index in [4.69, 9.17) is 37.5 Å². The Labute approximate surface area is 270 Å². The van der Waals surface area contributed by atoms with E-state index in [0.717, 1.165) is 36.2 Å². The zero-order valence-electron chi connectivity index (χ0n) is 24.5. The van der Waals surface area contributed by atoms with Gasteiger partial charge in [0.15, 0.2) is 11.6 Å². The third-order valence-electron chi connectivity index (χ3n) is 9.38. The van der Waals surface area contributed by atoms with Crippen molar-refractivity contribution in [2.45, 2.75) is 43.8 Å². The molecule has 2 bridgehead atoms. The van der Waals surface area contributed by atoms with Gasteiger partial charge in [0.2, 0.25) is 0 Å². The molecule has 0 spiro atoms. The molecule has 1 unspecified atom stereocenters. The van der Waals surface area contributed by atoms with E-state index < -0.39 is 11.6 Å². The second-order valence-electron chi connectivity index (χ2n) is 12.0. The average molecular weight is 661 g/mol. The van der Waals surface area contributed by atoms with Gasteiger partial charge < -0.3 is 31.2 Å². The molecule has 5 N–H and O–H groups in total. The van der Waals surface area contributed by atoms with E-state index in [0.29, 0.717) is 30.8 Å². The molecule has 3 atom stereocenters. The van der Waals surface area contributed by atoms with Gasteiger partial charge in [0.25, 0.3) is 0 Å². The van der Waals surface area contributed by atoms with E-state index in [1.165, 1.54) is 12.1 Å². The maximum absolute atomic E-state index is 17.1. The molecular weight excluding hydrogens is 634 g/mol. The number of anilines is 3. The van der Waals surface area contributed by atoms with Gasteiger partial charge in [-0.05, 0) is 43.9 Å². The molecule has 9 rings (SSSR count). The normalized spacial score (nSPS) is 20.7. The second-order valence-corrected chi connectivity index (χ2v) is 13.4. The zero-order valence-corrected chi connectivity index (χ0v) is 26.1. The smallest absolute Gasteiger partial charge is 0.319 e. The van der Waals surface area contributed by atoms with Gasteiger partial charge in [-0.1, -0.05) is 23.7 Å². The molecule has 2 aromatic carbocycles. The maximum Gasteiger partial charge on any atom is 0.319 e. The van der Waals surface area contributed by atoms with Crippen molar-refractivity contribution >= 4 is 60.6 Å². The number of hydrogen-bond donors (Lipinski definition) is 3. The Morgan fingerprint density at radius 1 is 1.28 bits per heavy atom. The summed E-state index contributed by atoms with van der Waals surface area (Å²) in [6.45, 7) is 2.79. The van der Waals surface area contributed by atoms with Crippen molar-refractivity contribution in [3.05, 3.63) is 58.2 Å². The van der Waals surface area contributed by atoms with E-state index in [-0.39, 0.29) is 77.7 Å². The summed E-state index contributed by atoms with van der Waals surface area (Å²) in [5.41, 5.74) is 13.0. The lowest BCUT2D eigenvalue weighted by Crippen LogP contribution is -2.59. The van der Waals surface area contributed by atoms with Gasteiger partial charge in [-0.25, -0.2) is 13.8 Å². The molecule has 0 radical (unpaired) electrons. The number of fused-ring (bicyclic) bond motifs is 2. The Balaban J connectivity index is 1.37. The van der Waals surface area contributed by atoms with E-state index in [2.05, 4.69) is 15.3 Å². The number of pyridine rings is 1. The molecule has 6 heterocycles. The lowest BCUT2D eigenvalue weighted by molar-refractivity contribution is 0.122. The fourth-order valence-electron chi connectivity index (χ4n) is 7.13. The molecule has 4 aliphatic rings. The van der Waals surface area contributed by atoms with Crippen molar-refractivity contribution in [3.8, 4) is 29.0 Å². The summed E-state index contributed by atoms with van der Waals surface area (Å²) in [6, 6.07) is 8.45. The van der Waals surface area contributed by atoms with Crippen molar-refractivity contribution in [3.63, 3.8) is 0 Å². The van der Waals surface area contributed by atoms with Crippen LogP contribution in [0.3, 0.4) is 0 Å². The van der Waals surface area contributed by atoms with Gasteiger partial charge in [-0.3, -0.25) is 0 Å². The molecule has 234 valence electrons. The van der Waals surface area contributed by atoms with Crippen LogP contribution in [-0.2, 0) is 0 Å². The van der Waals surface area contributed by atoms with Crippen LogP contribution >= 0.6 is 22.9 Å². The Hall–Kier alpha value is -4.51. The van der Waals surface area contributed by atoms with Crippen LogP contribution in [0.5, 0.6) is 11.8 Å². The number of nitriles is 1. The number of rotatable bonds is 6. The summed E-state index contributed by atoms with van der Waals surface area (Å²) >= 11 is 7.93. The third-order valence-corrected chi connectivity index (χ3v) is 10.8.